The number of carbonyl (C=O) groups is 2. The largest absolute Gasteiger partial charge is 0.481 e. The predicted octanol–water partition coefficient (Wildman–Crippen LogP) is 2.22. The Hall–Kier alpha value is -2.70. The van der Waals surface area contributed by atoms with Gasteiger partial charge in [0.25, 0.3) is 5.69 Å². The molecule has 1 fully saturated rings. The molecule has 0 spiro atoms. The van der Waals surface area contributed by atoms with Crippen molar-refractivity contribution >= 4 is 17.6 Å². The monoisotopic (exact) mass is 318 g/mol. The molecule has 0 heterocycles. The van der Waals surface area contributed by atoms with E-state index in [1.807, 2.05) is 0 Å². The molecule has 1 aliphatic rings. The minimum absolute atomic E-state index is 0.0411. The zero-order valence-electron chi connectivity index (χ0n) is 12.6. The summed E-state index contributed by atoms with van der Waals surface area (Å²) in [5, 5.41) is 19.9. The quantitative estimate of drug-likeness (QED) is 0.472. The molecule has 1 N–H and O–H groups in total. The van der Waals surface area contributed by atoms with Gasteiger partial charge >= 0.3 is 5.97 Å². The normalized spacial score (nSPS) is 19.5. The first-order valence-corrected chi connectivity index (χ1v) is 7.30. The average molecular weight is 318 g/mol. The van der Waals surface area contributed by atoms with Crippen LogP contribution in [0.4, 0.5) is 5.69 Å². The summed E-state index contributed by atoms with van der Waals surface area (Å²) >= 11 is 0. The second-order valence-electron chi connectivity index (χ2n) is 5.56. The van der Waals surface area contributed by atoms with Crippen molar-refractivity contribution < 1.29 is 19.6 Å². The zero-order chi connectivity index (χ0) is 17.0. The van der Waals surface area contributed by atoms with E-state index < -0.39 is 22.7 Å². The summed E-state index contributed by atoms with van der Waals surface area (Å²) in [6.45, 7) is 4.07. The highest BCUT2D eigenvalue weighted by Gasteiger charge is 2.42. The fourth-order valence-corrected chi connectivity index (χ4v) is 2.70. The Kier molecular flexibility index (Phi) is 5.10. The van der Waals surface area contributed by atoms with Crippen LogP contribution in [0.15, 0.2) is 36.9 Å². The molecule has 0 bridgehead atoms. The molecule has 0 aliphatic heterocycles. The van der Waals surface area contributed by atoms with E-state index in [9.17, 15) is 19.7 Å². The lowest BCUT2D eigenvalue weighted by Crippen LogP contribution is -2.45. The number of hydrogen-bond donors (Lipinski definition) is 1. The summed E-state index contributed by atoms with van der Waals surface area (Å²) in [4.78, 5) is 35.4. The molecule has 23 heavy (non-hydrogen) atoms. The van der Waals surface area contributed by atoms with Gasteiger partial charge in [0, 0.05) is 25.2 Å². The predicted molar refractivity (Wildman–Crippen MR) is 82.6 cm³/mol. The van der Waals surface area contributed by atoms with Gasteiger partial charge in [-0.2, -0.15) is 0 Å². The standard InChI is InChI=1S/C16H18N2O5/c1-2-8-17(15(19)13-6-7-14(13)16(20)21)10-11-4-3-5-12(9-11)18(22)23/h2-5,9,13-14H,1,6-8,10H2,(H,20,21). The number of rotatable bonds is 7. The topological polar surface area (TPSA) is 101 Å². The molecule has 0 radical (unpaired) electrons. The van der Waals surface area contributed by atoms with Crippen molar-refractivity contribution in [1.82, 2.24) is 4.90 Å². The number of carboxylic acids is 1. The smallest absolute Gasteiger partial charge is 0.307 e. The third-order valence-electron chi connectivity index (χ3n) is 4.06. The Morgan fingerprint density at radius 3 is 2.61 bits per heavy atom. The Morgan fingerprint density at radius 2 is 2.09 bits per heavy atom. The molecule has 2 atom stereocenters. The van der Waals surface area contributed by atoms with Crippen LogP contribution in [-0.4, -0.2) is 33.4 Å². The molecule has 2 rings (SSSR count). The van der Waals surface area contributed by atoms with E-state index in [1.165, 1.54) is 17.0 Å². The Labute approximate surface area is 133 Å². The molecular formula is C16H18N2O5. The number of non-ortho nitro benzene ring substituents is 1. The third-order valence-corrected chi connectivity index (χ3v) is 4.06. The van der Waals surface area contributed by atoms with E-state index in [1.54, 1.807) is 18.2 Å². The van der Waals surface area contributed by atoms with Crippen LogP contribution in [0.5, 0.6) is 0 Å². The number of nitro benzene ring substituents is 1. The highest BCUT2D eigenvalue weighted by molar-refractivity contribution is 5.86. The van der Waals surface area contributed by atoms with E-state index in [4.69, 9.17) is 5.11 Å². The molecule has 1 amide bonds. The Morgan fingerprint density at radius 1 is 1.39 bits per heavy atom. The van der Waals surface area contributed by atoms with Gasteiger partial charge in [-0.1, -0.05) is 18.2 Å². The molecule has 1 saturated carbocycles. The molecule has 7 nitrogen and oxygen atoms in total. The second kappa shape index (κ2) is 7.04. The van der Waals surface area contributed by atoms with Gasteiger partial charge in [0.15, 0.2) is 0 Å². The van der Waals surface area contributed by atoms with Crippen molar-refractivity contribution in [2.45, 2.75) is 19.4 Å². The van der Waals surface area contributed by atoms with E-state index in [0.717, 1.165) is 0 Å². The van der Waals surface area contributed by atoms with Gasteiger partial charge in [-0.25, -0.2) is 0 Å². The summed E-state index contributed by atoms with van der Waals surface area (Å²) in [7, 11) is 0. The van der Waals surface area contributed by atoms with Crippen molar-refractivity contribution in [1.29, 1.82) is 0 Å². The first-order chi connectivity index (χ1) is 10.9. The number of nitro groups is 1. The first-order valence-electron chi connectivity index (χ1n) is 7.30. The number of nitrogens with zero attached hydrogens (tertiary/aromatic N) is 2. The van der Waals surface area contributed by atoms with Gasteiger partial charge in [-0.3, -0.25) is 19.7 Å². The fraction of sp³-hybridized carbons (Fsp3) is 0.375. The lowest BCUT2D eigenvalue weighted by atomic mass is 9.73. The van der Waals surface area contributed by atoms with Gasteiger partial charge < -0.3 is 10.0 Å². The van der Waals surface area contributed by atoms with Crippen LogP contribution in [-0.2, 0) is 16.1 Å². The SMILES string of the molecule is C=CCN(Cc1cccc([N+](=O)[O-])c1)C(=O)C1CCC1C(=O)O. The minimum atomic E-state index is -0.955. The van der Waals surface area contributed by atoms with Crippen molar-refractivity contribution in [2.75, 3.05) is 6.54 Å². The average Bonchev–Trinajstić information content (AvgIpc) is 2.45. The molecular weight excluding hydrogens is 300 g/mol. The van der Waals surface area contributed by atoms with Crippen LogP contribution in [0.3, 0.4) is 0 Å². The number of carboxylic acid groups (broad SMARTS) is 1. The molecule has 2 unspecified atom stereocenters. The summed E-state index contributed by atoms with van der Waals surface area (Å²) in [6.07, 6.45) is 2.62. The van der Waals surface area contributed by atoms with Gasteiger partial charge in [0.2, 0.25) is 5.91 Å². The molecule has 0 saturated heterocycles. The number of carbonyl (C=O) groups excluding carboxylic acids is 1. The summed E-state index contributed by atoms with van der Waals surface area (Å²) < 4.78 is 0. The fourth-order valence-electron chi connectivity index (χ4n) is 2.70. The number of amides is 1. The number of hydrogen-bond acceptors (Lipinski definition) is 4. The maximum Gasteiger partial charge on any atom is 0.307 e. The lowest BCUT2D eigenvalue weighted by molar-refractivity contribution is -0.384. The molecule has 1 aliphatic carbocycles. The van der Waals surface area contributed by atoms with Gasteiger partial charge in [-0.05, 0) is 18.4 Å². The highest BCUT2D eigenvalue weighted by atomic mass is 16.6. The molecule has 1 aromatic carbocycles. The summed E-state index contributed by atoms with van der Waals surface area (Å²) in [5.74, 6) is -2.36. The second-order valence-corrected chi connectivity index (χ2v) is 5.56. The van der Waals surface area contributed by atoms with E-state index in [-0.39, 0.29) is 24.7 Å². The maximum atomic E-state index is 12.5. The van der Waals surface area contributed by atoms with Crippen LogP contribution >= 0.6 is 0 Å². The van der Waals surface area contributed by atoms with Gasteiger partial charge in [-0.15, -0.1) is 6.58 Å². The van der Waals surface area contributed by atoms with Crippen molar-refractivity contribution in [3.8, 4) is 0 Å². The van der Waals surface area contributed by atoms with Crippen LogP contribution in [0.25, 0.3) is 0 Å². The summed E-state index contributed by atoms with van der Waals surface area (Å²) in [6, 6.07) is 6.06. The number of aliphatic carboxylic acids is 1. The first kappa shape index (κ1) is 16.7. The Balaban J connectivity index is 2.14. The molecule has 7 heteroatoms. The number of benzene rings is 1. The molecule has 122 valence electrons. The summed E-state index contributed by atoms with van der Waals surface area (Å²) in [5.41, 5.74) is 0.584. The van der Waals surface area contributed by atoms with Crippen LogP contribution in [0.2, 0.25) is 0 Å². The zero-order valence-corrected chi connectivity index (χ0v) is 12.6. The van der Waals surface area contributed by atoms with Crippen LogP contribution in [0, 0.1) is 22.0 Å². The van der Waals surface area contributed by atoms with Gasteiger partial charge in [0.1, 0.15) is 0 Å². The van der Waals surface area contributed by atoms with E-state index >= 15 is 0 Å². The highest BCUT2D eigenvalue weighted by Crippen LogP contribution is 2.36. The van der Waals surface area contributed by atoms with Crippen LogP contribution < -0.4 is 0 Å². The third kappa shape index (κ3) is 3.74. The van der Waals surface area contributed by atoms with Crippen LogP contribution in [0.1, 0.15) is 18.4 Å². The van der Waals surface area contributed by atoms with Crippen molar-refractivity contribution in [3.63, 3.8) is 0 Å². The van der Waals surface area contributed by atoms with E-state index in [0.29, 0.717) is 18.4 Å². The minimum Gasteiger partial charge on any atom is -0.481 e. The Bertz CT molecular complexity index is 643. The molecule has 1 aromatic rings. The van der Waals surface area contributed by atoms with Gasteiger partial charge in [0.05, 0.1) is 16.8 Å². The maximum absolute atomic E-state index is 12.5. The van der Waals surface area contributed by atoms with E-state index in [2.05, 4.69) is 6.58 Å². The van der Waals surface area contributed by atoms with Crippen molar-refractivity contribution in [3.05, 3.63) is 52.6 Å². The molecule has 0 aromatic heterocycles. The van der Waals surface area contributed by atoms with Crippen molar-refractivity contribution in [2.24, 2.45) is 11.8 Å². The lowest BCUT2D eigenvalue weighted by Gasteiger charge is -2.36.